The lowest BCUT2D eigenvalue weighted by atomic mass is 9.79. The number of carbonyl (C=O) groups is 1. The molecule has 0 spiro atoms. The van der Waals surface area contributed by atoms with E-state index in [2.05, 4.69) is 24.5 Å². The first-order valence-electron chi connectivity index (χ1n) is 9.47. The fourth-order valence-corrected chi connectivity index (χ4v) is 4.36. The van der Waals surface area contributed by atoms with Crippen molar-refractivity contribution in [2.24, 2.45) is 11.8 Å². The van der Waals surface area contributed by atoms with Gasteiger partial charge in [0.25, 0.3) is 0 Å². The molecular formula is C19H36N2O2. The highest BCUT2D eigenvalue weighted by atomic mass is 16.6. The first-order valence-corrected chi connectivity index (χ1v) is 9.47. The SMILES string of the molecule is CC1CC(C)CC(NC2CCCC(NC(=O)OC(C)(C)C)C2)C1. The van der Waals surface area contributed by atoms with Crippen molar-refractivity contribution in [1.29, 1.82) is 0 Å². The van der Waals surface area contributed by atoms with Gasteiger partial charge in [-0.1, -0.05) is 13.8 Å². The quantitative estimate of drug-likeness (QED) is 0.816. The number of ether oxygens (including phenoxy) is 1. The monoisotopic (exact) mass is 324 g/mol. The van der Waals surface area contributed by atoms with Crippen LogP contribution in [-0.2, 0) is 4.74 Å². The normalized spacial score (nSPS) is 35.6. The van der Waals surface area contributed by atoms with Crippen LogP contribution < -0.4 is 10.6 Å². The van der Waals surface area contributed by atoms with Crippen LogP contribution >= 0.6 is 0 Å². The van der Waals surface area contributed by atoms with Crippen LogP contribution in [0.4, 0.5) is 4.79 Å². The first kappa shape index (κ1) is 18.6. The number of nitrogens with one attached hydrogen (secondary N) is 2. The Kier molecular flexibility index (Phi) is 6.35. The summed E-state index contributed by atoms with van der Waals surface area (Å²) in [6.45, 7) is 10.5. The molecule has 2 saturated carbocycles. The van der Waals surface area contributed by atoms with E-state index in [-0.39, 0.29) is 12.1 Å². The van der Waals surface area contributed by atoms with Gasteiger partial charge in [0.15, 0.2) is 0 Å². The van der Waals surface area contributed by atoms with E-state index < -0.39 is 5.60 Å². The molecule has 0 aliphatic heterocycles. The van der Waals surface area contributed by atoms with Crippen LogP contribution in [0.2, 0.25) is 0 Å². The number of hydrogen-bond donors (Lipinski definition) is 2. The Morgan fingerprint density at radius 2 is 1.52 bits per heavy atom. The van der Waals surface area contributed by atoms with Crippen molar-refractivity contribution in [2.75, 3.05) is 0 Å². The number of carbonyl (C=O) groups excluding carboxylic acids is 1. The van der Waals surface area contributed by atoms with Crippen LogP contribution in [0.3, 0.4) is 0 Å². The smallest absolute Gasteiger partial charge is 0.407 e. The molecule has 4 heteroatoms. The van der Waals surface area contributed by atoms with E-state index in [1.807, 2.05) is 20.8 Å². The average Bonchev–Trinajstić information content (AvgIpc) is 2.35. The van der Waals surface area contributed by atoms with Crippen molar-refractivity contribution in [3.05, 3.63) is 0 Å². The molecule has 23 heavy (non-hydrogen) atoms. The number of hydrogen-bond acceptors (Lipinski definition) is 3. The molecule has 0 saturated heterocycles. The highest BCUT2D eigenvalue weighted by Crippen LogP contribution is 2.30. The Hall–Kier alpha value is -0.770. The lowest BCUT2D eigenvalue weighted by Crippen LogP contribution is -2.49. The van der Waals surface area contributed by atoms with Gasteiger partial charge in [0, 0.05) is 18.1 Å². The molecule has 2 aliphatic rings. The molecule has 0 aromatic rings. The fourth-order valence-electron chi connectivity index (χ4n) is 4.36. The standard InChI is InChI=1S/C19H36N2O2/c1-13-9-14(2)11-17(10-13)20-15-7-6-8-16(12-15)21-18(22)23-19(3,4)5/h13-17,20H,6-12H2,1-5H3,(H,21,22). The third kappa shape index (κ3) is 6.70. The summed E-state index contributed by atoms with van der Waals surface area (Å²) >= 11 is 0. The van der Waals surface area contributed by atoms with Crippen molar-refractivity contribution >= 4 is 6.09 Å². The largest absolute Gasteiger partial charge is 0.444 e. The second-order valence-corrected chi connectivity index (χ2v) is 8.99. The zero-order valence-electron chi connectivity index (χ0n) is 15.7. The van der Waals surface area contributed by atoms with Gasteiger partial charge >= 0.3 is 6.09 Å². The maximum atomic E-state index is 12.0. The van der Waals surface area contributed by atoms with E-state index in [1.54, 1.807) is 0 Å². The lowest BCUT2D eigenvalue weighted by Gasteiger charge is -2.37. The summed E-state index contributed by atoms with van der Waals surface area (Å²) in [5.74, 6) is 1.66. The predicted octanol–water partition coefficient (Wildman–Crippen LogP) is 4.24. The summed E-state index contributed by atoms with van der Waals surface area (Å²) in [5.41, 5.74) is -0.426. The maximum Gasteiger partial charge on any atom is 0.407 e. The zero-order chi connectivity index (χ0) is 17.0. The van der Waals surface area contributed by atoms with Crippen LogP contribution in [0.15, 0.2) is 0 Å². The Morgan fingerprint density at radius 3 is 2.13 bits per heavy atom. The zero-order valence-corrected chi connectivity index (χ0v) is 15.7. The molecule has 4 unspecified atom stereocenters. The summed E-state index contributed by atoms with van der Waals surface area (Å²) in [6.07, 6.45) is 8.18. The Bertz CT molecular complexity index is 381. The van der Waals surface area contributed by atoms with E-state index in [0.717, 1.165) is 24.7 Å². The van der Waals surface area contributed by atoms with Gasteiger partial charge in [-0.2, -0.15) is 0 Å². The van der Waals surface area contributed by atoms with Gasteiger partial charge in [-0.25, -0.2) is 4.79 Å². The average molecular weight is 325 g/mol. The summed E-state index contributed by atoms with van der Waals surface area (Å²) in [6, 6.07) is 1.43. The topological polar surface area (TPSA) is 50.4 Å². The molecule has 2 rings (SSSR count). The summed E-state index contributed by atoms with van der Waals surface area (Å²) in [5, 5.41) is 6.94. The lowest BCUT2D eigenvalue weighted by molar-refractivity contribution is 0.0487. The van der Waals surface area contributed by atoms with Gasteiger partial charge in [0.05, 0.1) is 0 Å². The molecule has 0 aromatic carbocycles. The molecule has 1 amide bonds. The van der Waals surface area contributed by atoms with E-state index >= 15 is 0 Å². The molecule has 4 atom stereocenters. The minimum atomic E-state index is -0.426. The maximum absolute atomic E-state index is 12.0. The number of rotatable bonds is 3. The minimum absolute atomic E-state index is 0.245. The summed E-state index contributed by atoms with van der Waals surface area (Å²) in [7, 11) is 0. The molecule has 2 aliphatic carbocycles. The molecule has 2 fully saturated rings. The van der Waals surface area contributed by atoms with E-state index in [1.165, 1.54) is 32.1 Å². The molecule has 4 nitrogen and oxygen atoms in total. The van der Waals surface area contributed by atoms with E-state index in [0.29, 0.717) is 12.1 Å². The molecule has 0 heterocycles. The molecule has 134 valence electrons. The molecule has 0 bridgehead atoms. The van der Waals surface area contributed by atoms with Crippen molar-refractivity contribution in [1.82, 2.24) is 10.6 Å². The highest BCUT2D eigenvalue weighted by Gasteiger charge is 2.29. The Labute approximate surface area is 142 Å². The van der Waals surface area contributed by atoms with Gasteiger partial charge in [0.2, 0.25) is 0 Å². The van der Waals surface area contributed by atoms with Gasteiger partial charge in [-0.3, -0.25) is 0 Å². The molecular weight excluding hydrogens is 288 g/mol. The highest BCUT2D eigenvalue weighted by molar-refractivity contribution is 5.68. The third-order valence-electron chi connectivity index (χ3n) is 5.04. The fraction of sp³-hybridized carbons (Fsp3) is 0.947. The van der Waals surface area contributed by atoms with Gasteiger partial charge in [-0.15, -0.1) is 0 Å². The van der Waals surface area contributed by atoms with Gasteiger partial charge < -0.3 is 15.4 Å². The second kappa shape index (κ2) is 7.87. The Balaban J connectivity index is 1.78. The Morgan fingerprint density at radius 1 is 0.913 bits per heavy atom. The van der Waals surface area contributed by atoms with Crippen LogP contribution in [-0.4, -0.2) is 29.8 Å². The number of alkyl carbamates (subject to hydrolysis) is 1. The van der Waals surface area contributed by atoms with Crippen molar-refractivity contribution < 1.29 is 9.53 Å². The number of amides is 1. The second-order valence-electron chi connectivity index (χ2n) is 8.99. The van der Waals surface area contributed by atoms with Crippen LogP contribution in [0.25, 0.3) is 0 Å². The minimum Gasteiger partial charge on any atom is -0.444 e. The van der Waals surface area contributed by atoms with Gasteiger partial charge in [-0.05, 0) is 77.6 Å². The summed E-state index contributed by atoms with van der Waals surface area (Å²) < 4.78 is 5.38. The molecule has 0 radical (unpaired) electrons. The van der Waals surface area contributed by atoms with Crippen LogP contribution in [0, 0.1) is 11.8 Å². The summed E-state index contributed by atoms with van der Waals surface area (Å²) in [4.78, 5) is 12.0. The first-order chi connectivity index (χ1) is 10.7. The van der Waals surface area contributed by atoms with Crippen LogP contribution in [0.1, 0.15) is 79.6 Å². The predicted molar refractivity (Wildman–Crippen MR) is 94.5 cm³/mol. The molecule has 2 N–H and O–H groups in total. The third-order valence-corrected chi connectivity index (χ3v) is 5.04. The van der Waals surface area contributed by atoms with E-state index in [4.69, 9.17) is 4.74 Å². The van der Waals surface area contributed by atoms with Gasteiger partial charge in [0.1, 0.15) is 5.60 Å². The van der Waals surface area contributed by atoms with Crippen LogP contribution in [0.5, 0.6) is 0 Å². The van der Waals surface area contributed by atoms with Crippen molar-refractivity contribution in [3.8, 4) is 0 Å². The van der Waals surface area contributed by atoms with E-state index in [9.17, 15) is 4.79 Å². The van der Waals surface area contributed by atoms with Crippen molar-refractivity contribution in [2.45, 2.75) is 103 Å². The van der Waals surface area contributed by atoms with Crippen molar-refractivity contribution in [3.63, 3.8) is 0 Å². The molecule has 0 aromatic heterocycles.